The molecule has 0 aliphatic rings. The lowest BCUT2D eigenvalue weighted by atomic mass is 10.1. The first-order valence-electron chi connectivity index (χ1n) is 5.79. The number of nitrogens with one attached hydrogen (secondary N) is 1. The van der Waals surface area contributed by atoms with E-state index in [1.807, 2.05) is 31.2 Å². The van der Waals surface area contributed by atoms with E-state index in [9.17, 15) is 10.1 Å². The monoisotopic (exact) mass is 355 g/mol. The molecule has 0 radical (unpaired) electrons. The highest BCUT2D eigenvalue weighted by Crippen LogP contribution is 2.28. The Morgan fingerprint density at radius 3 is 2.65 bits per heavy atom. The highest BCUT2D eigenvalue weighted by Gasteiger charge is 2.18. The second kappa shape index (κ2) is 6.19. The van der Waals surface area contributed by atoms with Crippen molar-refractivity contribution in [1.29, 1.82) is 0 Å². The Labute approximate surface area is 129 Å². The van der Waals surface area contributed by atoms with Gasteiger partial charge in [-0.05, 0) is 24.6 Å². The summed E-state index contributed by atoms with van der Waals surface area (Å²) in [6.07, 6.45) is 1.38. The van der Waals surface area contributed by atoms with Crippen LogP contribution in [0.5, 0.6) is 0 Å². The smallest absolute Gasteiger partial charge is 0.312 e. The van der Waals surface area contributed by atoms with Crippen molar-refractivity contribution in [3.05, 3.63) is 61.7 Å². The summed E-state index contributed by atoms with van der Waals surface area (Å²) < 4.78 is 0.976. The minimum atomic E-state index is -0.504. The molecule has 104 valence electrons. The fraction of sp³-hybridized carbons (Fsp3) is 0.154. The Kier molecular flexibility index (Phi) is 4.57. The van der Waals surface area contributed by atoms with Gasteiger partial charge in [-0.15, -0.1) is 0 Å². The number of pyridine rings is 1. The minimum absolute atomic E-state index is 0.115. The van der Waals surface area contributed by atoms with Gasteiger partial charge in [-0.3, -0.25) is 10.1 Å². The Hall–Kier alpha value is -1.66. The van der Waals surface area contributed by atoms with Gasteiger partial charge in [0.25, 0.3) is 0 Å². The third-order valence-electron chi connectivity index (χ3n) is 2.75. The molecule has 1 aromatic heterocycles. The SMILES string of the molecule is CC(Nc1ncc(Cl)cc1[N+](=O)[O-])c1ccc(Br)cc1. The largest absolute Gasteiger partial charge is 0.358 e. The second-order valence-electron chi connectivity index (χ2n) is 4.20. The lowest BCUT2D eigenvalue weighted by Crippen LogP contribution is -2.09. The number of nitrogens with zero attached hydrogens (tertiary/aromatic N) is 2. The maximum absolute atomic E-state index is 11.0. The normalized spacial score (nSPS) is 11.9. The molecule has 2 aromatic rings. The standard InChI is InChI=1S/C13H11BrClN3O2/c1-8(9-2-4-10(14)5-3-9)17-13-12(18(19)20)6-11(15)7-16-13/h2-8H,1H3,(H,16,17). The van der Waals surface area contributed by atoms with E-state index >= 15 is 0 Å². The van der Waals surface area contributed by atoms with Gasteiger partial charge >= 0.3 is 5.69 Å². The molecule has 1 unspecified atom stereocenters. The van der Waals surface area contributed by atoms with E-state index in [-0.39, 0.29) is 22.6 Å². The second-order valence-corrected chi connectivity index (χ2v) is 5.55. The zero-order valence-corrected chi connectivity index (χ0v) is 12.9. The molecule has 2 rings (SSSR count). The summed E-state index contributed by atoms with van der Waals surface area (Å²) >= 11 is 9.10. The first kappa shape index (κ1) is 14.7. The molecular weight excluding hydrogens is 346 g/mol. The van der Waals surface area contributed by atoms with Gasteiger partial charge in [0.1, 0.15) is 0 Å². The zero-order valence-electron chi connectivity index (χ0n) is 10.5. The molecule has 0 saturated carbocycles. The van der Waals surface area contributed by atoms with Crippen LogP contribution in [-0.2, 0) is 0 Å². The van der Waals surface area contributed by atoms with Crippen molar-refractivity contribution >= 4 is 39.0 Å². The van der Waals surface area contributed by atoms with Gasteiger partial charge in [0.15, 0.2) is 0 Å². The maximum Gasteiger partial charge on any atom is 0.312 e. The molecule has 1 aromatic carbocycles. The van der Waals surface area contributed by atoms with E-state index < -0.39 is 4.92 Å². The third kappa shape index (κ3) is 3.46. The van der Waals surface area contributed by atoms with E-state index in [2.05, 4.69) is 26.2 Å². The Balaban J connectivity index is 2.25. The fourth-order valence-electron chi connectivity index (χ4n) is 1.72. The van der Waals surface area contributed by atoms with E-state index in [1.165, 1.54) is 12.3 Å². The highest BCUT2D eigenvalue weighted by molar-refractivity contribution is 9.10. The molecule has 5 nitrogen and oxygen atoms in total. The number of benzene rings is 1. The van der Waals surface area contributed by atoms with Crippen molar-refractivity contribution in [3.63, 3.8) is 0 Å². The summed E-state index contributed by atoms with van der Waals surface area (Å²) in [5, 5.41) is 14.3. The molecule has 1 atom stereocenters. The van der Waals surface area contributed by atoms with Gasteiger partial charge in [-0.25, -0.2) is 4.98 Å². The van der Waals surface area contributed by atoms with Crippen LogP contribution in [0.25, 0.3) is 0 Å². The van der Waals surface area contributed by atoms with Crippen molar-refractivity contribution in [2.24, 2.45) is 0 Å². The fourth-order valence-corrected chi connectivity index (χ4v) is 2.14. The van der Waals surface area contributed by atoms with Crippen LogP contribution in [0.3, 0.4) is 0 Å². The van der Waals surface area contributed by atoms with Crippen LogP contribution in [0.1, 0.15) is 18.5 Å². The Morgan fingerprint density at radius 1 is 1.40 bits per heavy atom. The highest BCUT2D eigenvalue weighted by atomic mass is 79.9. The number of nitro groups is 1. The van der Waals surface area contributed by atoms with Gasteiger partial charge in [0.2, 0.25) is 5.82 Å². The van der Waals surface area contributed by atoms with Crippen LogP contribution in [0.2, 0.25) is 5.02 Å². The molecule has 0 amide bonds. The van der Waals surface area contributed by atoms with Gasteiger partial charge in [0.05, 0.1) is 16.0 Å². The van der Waals surface area contributed by atoms with E-state index in [1.54, 1.807) is 0 Å². The first-order chi connectivity index (χ1) is 9.47. The Morgan fingerprint density at radius 2 is 2.05 bits per heavy atom. The van der Waals surface area contributed by atoms with Crippen molar-refractivity contribution in [2.75, 3.05) is 5.32 Å². The average Bonchev–Trinajstić information content (AvgIpc) is 2.41. The molecule has 1 heterocycles. The van der Waals surface area contributed by atoms with Gasteiger partial charge < -0.3 is 5.32 Å². The molecule has 0 aliphatic heterocycles. The van der Waals surface area contributed by atoms with Gasteiger partial charge in [0, 0.05) is 16.7 Å². The summed E-state index contributed by atoms with van der Waals surface area (Å²) in [6.45, 7) is 1.91. The van der Waals surface area contributed by atoms with E-state index in [0.29, 0.717) is 0 Å². The van der Waals surface area contributed by atoms with Crippen LogP contribution >= 0.6 is 27.5 Å². The molecule has 7 heteroatoms. The maximum atomic E-state index is 11.0. The topological polar surface area (TPSA) is 68.1 Å². The van der Waals surface area contributed by atoms with E-state index in [4.69, 9.17) is 11.6 Å². The zero-order chi connectivity index (χ0) is 14.7. The number of hydrogen-bond acceptors (Lipinski definition) is 4. The van der Waals surface area contributed by atoms with Gasteiger partial charge in [-0.2, -0.15) is 0 Å². The lowest BCUT2D eigenvalue weighted by Gasteiger charge is -2.15. The molecule has 20 heavy (non-hydrogen) atoms. The number of aromatic nitrogens is 1. The molecule has 1 N–H and O–H groups in total. The quantitative estimate of drug-likeness (QED) is 0.643. The summed E-state index contributed by atoms with van der Waals surface area (Å²) in [6, 6.07) is 8.86. The molecule has 0 aliphatic carbocycles. The number of hydrogen-bond donors (Lipinski definition) is 1. The van der Waals surface area contributed by atoms with Gasteiger partial charge in [-0.1, -0.05) is 39.7 Å². The van der Waals surface area contributed by atoms with Crippen molar-refractivity contribution in [1.82, 2.24) is 4.98 Å². The van der Waals surface area contributed by atoms with Crippen molar-refractivity contribution in [2.45, 2.75) is 13.0 Å². The van der Waals surface area contributed by atoms with Crippen LogP contribution in [0, 0.1) is 10.1 Å². The van der Waals surface area contributed by atoms with Crippen LogP contribution < -0.4 is 5.32 Å². The Bertz CT molecular complexity index is 634. The van der Waals surface area contributed by atoms with Crippen LogP contribution in [0.15, 0.2) is 41.0 Å². The average molecular weight is 357 g/mol. The predicted octanol–water partition coefficient (Wildman–Crippen LogP) is 4.58. The molecule has 0 spiro atoms. The van der Waals surface area contributed by atoms with Crippen molar-refractivity contribution < 1.29 is 4.92 Å². The minimum Gasteiger partial charge on any atom is -0.358 e. The number of rotatable bonds is 4. The third-order valence-corrected chi connectivity index (χ3v) is 3.49. The first-order valence-corrected chi connectivity index (χ1v) is 6.96. The molecule has 0 bridgehead atoms. The molecule has 0 fully saturated rings. The molecular formula is C13H11BrClN3O2. The molecule has 0 saturated heterocycles. The number of anilines is 1. The number of halogens is 2. The summed E-state index contributed by atoms with van der Waals surface area (Å²) in [5.41, 5.74) is 0.862. The van der Waals surface area contributed by atoms with Crippen LogP contribution in [-0.4, -0.2) is 9.91 Å². The summed E-state index contributed by atoms with van der Waals surface area (Å²) in [5.74, 6) is 0.204. The lowest BCUT2D eigenvalue weighted by molar-refractivity contribution is -0.384. The summed E-state index contributed by atoms with van der Waals surface area (Å²) in [4.78, 5) is 14.5. The van der Waals surface area contributed by atoms with Crippen LogP contribution in [0.4, 0.5) is 11.5 Å². The van der Waals surface area contributed by atoms with E-state index in [0.717, 1.165) is 10.0 Å². The summed E-state index contributed by atoms with van der Waals surface area (Å²) in [7, 11) is 0. The predicted molar refractivity (Wildman–Crippen MR) is 82.1 cm³/mol. The van der Waals surface area contributed by atoms with Crippen molar-refractivity contribution in [3.8, 4) is 0 Å².